The van der Waals surface area contributed by atoms with E-state index in [1.165, 1.54) is 4.90 Å². The number of carbonyl (C=O) groups is 2. The monoisotopic (exact) mass is 334 g/mol. The van der Waals surface area contributed by atoms with Crippen LogP contribution in [0.2, 0.25) is 0 Å². The van der Waals surface area contributed by atoms with Crippen LogP contribution in [0.25, 0.3) is 0 Å². The van der Waals surface area contributed by atoms with Crippen molar-refractivity contribution in [1.29, 1.82) is 0 Å². The molecule has 0 bridgehead atoms. The number of likely N-dealkylation sites (tertiary alicyclic amines) is 1. The van der Waals surface area contributed by atoms with E-state index in [0.717, 1.165) is 5.56 Å². The lowest BCUT2D eigenvalue weighted by atomic mass is 9.99. The largest absolute Gasteiger partial charge is 0.465 e. The first kappa shape index (κ1) is 18.1. The smallest absolute Gasteiger partial charge is 0.410 e. The Morgan fingerprint density at radius 3 is 2.46 bits per heavy atom. The topological polar surface area (TPSA) is 70.1 Å². The Morgan fingerprint density at radius 2 is 1.92 bits per heavy atom. The van der Waals surface area contributed by atoms with Gasteiger partial charge >= 0.3 is 12.2 Å². The van der Waals surface area contributed by atoms with E-state index in [9.17, 15) is 14.7 Å². The lowest BCUT2D eigenvalue weighted by molar-refractivity contribution is 0.0186. The molecule has 24 heavy (non-hydrogen) atoms. The van der Waals surface area contributed by atoms with Crippen molar-refractivity contribution < 1.29 is 19.4 Å². The van der Waals surface area contributed by atoms with Gasteiger partial charge in [0.25, 0.3) is 0 Å². The van der Waals surface area contributed by atoms with Gasteiger partial charge in [-0.25, -0.2) is 9.59 Å². The van der Waals surface area contributed by atoms with E-state index in [4.69, 9.17) is 4.74 Å². The molecule has 0 aromatic heterocycles. The van der Waals surface area contributed by atoms with E-state index in [2.05, 4.69) is 0 Å². The average molecular weight is 334 g/mol. The summed E-state index contributed by atoms with van der Waals surface area (Å²) in [5.74, 6) is 0. The van der Waals surface area contributed by atoms with E-state index < -0.39 is 17.8 Å². The molecular formula is C18H26N2O4. The normalized spacial score (nSPS) is 20.8. The Balaban J connectivity index is 2.17. The van der Waals surface area contributed by atoms with Crippen LogP contribution in [0.4, 0.5) is 9.59 Å². The molecule has 0 spiro atoms. The quantitative estimate of drug-likeness (QED) is 0.921. The highest BCUT2D eigenvalue weighted by atomic mass is 16.6. The van der Waals surface area contributed by atoms with Crippen LogP contribution in [0.15, 0.2) is 30.3 Å². The van der Waals surface area contributed by atoms with Gasteiger partial charge in [0.1, 0.15) is 5.60 Å². The van der Waals surface area contributed by atoms with Crippen molar-refractivity contribution >= 4 is 12.2 Å². The summed E-state index contributed by atoms with van der Waals surface area (Å²) in [7, 11) is 1.68. The molecule has 132 valence electrons. The van der Waals surface area contributed by atoms with Gasteiger partial charge in [0.2, 0.25) is 0 Å². The number of amides is 2. The van der Waals surface area contributed by atoms with Gasteiger partial charge in [-0.1, -0.05) is 30.3 Å². The second kappa shape index (κ2) is 7.11. The first-order valence-corrected chi connectivity index (χ1v) is 8.18. The Labute approximate surface area is 143 Å². The molecule has 6 nitrogen and oxygen atoms in total. The average Bonchev–Trinajstić information content (AvgIpc) is 2.89. The van der Waals surface area contributed by atoms with Gasteiger partial charge in [0, 0.05) is 13.6 Å². The molecule has 2 rings (SSSR count). The van der Waals surface area contributed by atoms with Crippen LogP contribution in [-0.4, -0.2) is 58.4 Å². The number of benzene rings is 1. The van der Waals surface area contributed by atoms with E-state index >= 15 is 0 Å². The number of likely N-dealkylation sites (N-methyl/N-ethyl adjacent to an activating group) is 1. The first-order chi connectivity index (χ1) is 11.2. The van der Waals surface area contributed by atoms with Crippen molar-refractivity contribution in [2.24, 2.45) is 0 Å². The molecule has 1 aliphatic rings. The fraction of sp³-hybridized carbons (Fsp3) is 0.556. The molecule has 1 fully saturated rings. The minimum atomic E-state index is -0.948. The summed E-state index contributed by atoms with van der Waals surface area (Å²) in [6, 6.07) is 9.27. The van der Waals surface area contributed by atoms with E-state index in [1.807, 2.05) is 51.1 Å². The van der Waals surface area contributed by atoms with Crippen molar-refractivity contribution in [3.05, 3.63) is 35.9 Å². The molecule has 1 N–H and O–H groups in total. The molecule has 2 atom stereocenters. The highest BCUT2D eigenvalue weighted by molar-refractivity contribution is 5.70. The molecule has 0 aliphatic carbocycles. The number of rotatable bonds is 3. The summed E-state index contributed by atoms with van der Waals surface area (Å²) in [5.41, 5.74) is 0.476. The van der Waals surface area contributed by atoms with Crippen LogP contribution in [0.3, 0.4) is 0 Å². The first-order valence-electron chi connectivity index (χ1n) is 8.18. The SMILES string of the molecule is CN(C(=O)OC(C)(C)C)[C@@H]1CCN(C(=O)O)C1Cc1ccccc1. The minimum Gasteiger partial charge on any atom is -0.465 e. The molecule has 1 heterocycles. The standard InChI is InChI=1S/C18H26N2O4/c1-18(2,3)24-17(23)19(4)14-10-11-20(16(21)22)15(14)12-13-8-6-5-7-9-13/h5-9,14-15H,10-12H2,1-4H3,(H,21,22)/t14-,15?/m1/s1. The Bertz CT molecular complexity index is 582. The summed E-state index contributed by atoms with van der Waals surface area (Å²) in [5, 5.41) is 9.48. The summed E-state index contributed by atoms with van der Waals surface area (Å²) in [6.45, 7) is 5.87. The van der Waals surface area contributed by atoms with Crippen molar-refractivity contribution in [2.45, 2.75) is 51.3 Å². The number of hydrogen-bond donors (Lipinski definition) is 1. The summed E-state index contributed by atoms with van der Waals surface area (Å²) in [6.07, 6.45) is -0.182. The van der Waals surface area contributed by atoms with Gasteiger partial charge < -0.3 is 19.6 Å². The van der Waals surface area contributed by atoms with Gasteiger partial charge in [-0.2, -0.15) is 0 Å². The maximum atomic E-state index is 12.4. The van der Waals surface area contributed by atoms with Crippen LogP contribution in [0.1, 0.15) is 32.8 Å². The fourth-order valence-electron chi connectivity index (χ4n) is 3.10. The van der Waals surface area contributed by atoms with Gasteiger partial charge in [-0.15, -0.1) is 0 Å². The number of carbonyl (C=O) groups excluding carboxylic acids is 1. The highest BCUT2D eigenvalue weighted by Crippen LogP contribution is 2.26. The number of nitrogens with zero attached hydrogens (tertiary/aromatic N) is 2. The maximum Gasteiger partial charge on any atom is 0.410 e. The number of carboxylic acid groups (broad SMARTS) is 1. The molecule has 0 saturated carbocycles. The second-order valence-electron chi connectivity index (χ2n) is 7.18. The molecular weight excluding hydrogens is 308 g/mol. The maximum absolute atomic E-state index is 12.4. The van der Waals surface area contributed by atoms with Crippen LogP contribution < -0.4 is 0 Å². The van der Waals surface area contributed by atoms with E-state index in [0.29, 0.717) is 19.4 Å². The van der Waals surface area contributed by atoms with Crippen LogP contribution in [-0.2, 0) is 11.2 Å². The summed E-state index contributed by atoms with van der Waals surface area (Å²) < 4.78 is 5.43. The van der Waals surface area contributed by atoms with Crippen LogP contribution in [0, 0.1) is 0 Å². The van der Waals surface area contributed by atoms with Gasteiger partial charge in [-0.05, 0) is 39.2 Å². The number of hydrogen-bond acceptors (Lipinski definition) is 3. The molecule has 6 heteroatoms. The predicted molar refractivity (Wildman–Crippen MR) is 91.1 cm³/mol. The third-order valence-electron chi connectivity index (χ3n) is 4.22. The van der Waals surface area contributed by atoms with Crippen molar-refractivity contribution in [2.75, 3.05) is 13.6 Å². The molecule has 2 amide bonds. The van der Waals surface area contributed by atoms with Gasteiger partial charge in [0.05, 0.1) is 12.1 Å². The van der Waals surface area contributed by atoms with Crippen LogP contribution in [0.5, 0.6) is 0 Å². The number of ether oxygens (including phenoxy) is 1. The Hall–Kier alpha value is -2.24. The zero-order chi connectivity index (χ0) is 17.9. The molecule has 1 aromatic rings. The van der Waals surface area contributed by atoms with E-state index in [1.54, 1.807) is 11.9 Å². The molecule has 1 aromatic carbocycles. The van der Waals surface area contributed by atoms with Crippen molar-refractivity contribution in [3.63, 3.8) is 0 Å². The minimum absolute atomic E-state index is 0.198. The van der Waals surface area contributed by atoms with Crippen molar-refractivity contribution in [3.8, 4) is 0 Å². The van der Waals surface area contributed by atoms with Gasteiger partial charge in [0.15, 0.2) is 0 Å². The lowest BCUT2D eigenvalue weighted by Crippen LogP contribution is -2.49. The second-order valence-corrected chi connectivity index (χ2v) is 7.18. The van der Waals surface area contributed by atoms with E-state index in [-0.39, 0.29) is 12.1 Å². The van der Waals surface area contributed by atoms with Crippen molar-refractivity contribution in [1.82, 2.24) is 9.80 Å². The Kier molecular flexibility index (Phi) is 5.36. The molecule has 1 unspecified atom stereocenters. The molecule has 0 radical (unpaired) electrons. The third-order valence-corrected chi connectivity index (χ3v) is 4.22. The zero-order valence-electron chi connectivity index (χ0n) is 14.7. The highest BCUT2D eigenvalue weighted by Gasteiger charge is 2.41. The Morgan fingerprint density at radius 1 is 1.29 bits per heavy atom. The zero-order valence-corrected chi connectivity index (χ0v) is 14.7. The summed E-state index contributed by atoms with van der Waals surface area (Å²) >= 11 is 0. The van der Waals surface area contributed by atoms with Gasteiger partial charge in [-0.3, -0.25) is 0 Å². The molecule has 1 aliphatic heterocycles. The molecule has 1 saturated heterocycles. The third kappa shape index (κ3) is 4.40. The predicted octanol–water partition coefficient (Wildman–Crippen LogP) is 3.22. The fourth-order valence-corrected chi connectivity index (χ4v) is 3.10. The van der Waals surface area contributed by atoms with Crippen LogP contribution >= 0.6 is 0 Å². The summed E-state index contributed by atoms with van der Waals surface area (Å²) in [4.78, 5) is 26.9. The lowest BCUT2D eigenvalue weighted by Gasteiger charge is -2.33.